The van der Waals surface area contributed by atoms with Crippen molar-refractivity contribution in [1.29, 1.82) is 0 Å². The van der Waals surface area contributed by atoms with E-state index in [9.17, 15) is 9.59 Å². The fraction of sp³-hybridized carbons (Fsp3) is 0.308. The standard InChI is InChI=1S/C26H29N3O3/c1-18-10-11-21(28-25(30)17-29-12-14-32-15-13-29)16-24(18)26(31)27-19(2)22-9-5-7-20-6-3-4-8-23(20)22/h3-11,16,19H,12-15,17H2,1-2H3,(H,27,31)(H,28,30)/t19-/m1/s1. The van der Waals surface area contributed by atoms with Gasteiger partial charge in [0.25, 0.3) is 5.91 Å². The summed E-state index contributed by atoms with van der Waals surface area (Å²) < 4.78 is 5.32. The van der Waals surface area contributed by atoms with Crippen LogP contribution in [-0.4, -0.2) is 49.6 Å². The molecule has 4 rings (SSSR count). The molecule has 0 aliphatic carbocycles. The van der Waals surface area contributed by atoms with E-state index in [4.69, 9.17) is 4.74 Å². The molecule has 6 heteroatoms. The summed E-state index contributed by atoms with van der Waals surface area (Å²) in [6, 6.07) is 19.6. The smallest absolute Gasteiger partial charge is 0.252 e. The number of morpholine rings is 1. The minimum absolute atomic E-state index is 0.0914. The Morgan fingerprint density at radius 3 is 2.59 bits per heavy atom. The molecule has 6 nitrogen and oxygen atoms in total. The Labute approximate surface area is 188 Å². The zero-order chi connectivity index (χ0) is 22.5. The molecule has 1 aliphatic rings. The molecule has 0 radical (unpaired) electrons. The van der Waals surface area contributed by atoms with Crippen LogP contribution in [-0.2, 0) is 9.53 Å². The van der Waals surface area contributed by atoms with Crippen molar-refractivity contribution in [2.24, 2.45) is 0 Å². The molecule has 0 saturated carbocycles. The summed E-state index contributed by atoms with van der Waals surface area (Å²) in [5.41, 5.74) is 3.11. The fourth-order valence-corrected chi connectivity index (χ4v) is 4.09. The van der Waals surface area contributed by atoms with Gasteiger partial charge < -0.3 is 15.4 Å². The lowest BCUT2D eigenvalue weighted by molar-refractivity contribution is -0.118. The number of amides is 2. The molecule has 1 atom stereocenters. The minimum Gasteiger partial charge on any atom is -0.379 e. The van der Waals surface area contributed by atoms with E-state index in [-0.39, 0.29) is 17.9 Å². The molecule has 0 aromatic heterocycles. The Kier molecular flexibility index (Phi) is 6.83. The summed E-state index contributed by atoms with van der Waals surface area (Å²) in [5, 5.41) is 8.31. The molecule has 0 unspecified atom stereocenters. The molecular weight excluding hydrogens is 402 g/mol. The number of hydrogen-bond acceptors (Lipinski definition) is 4. The van der Waals surface area contributed by atoms with Gasteiger partial charge in [0.05, 0.1) is 25.8 Å². The highest BCUT2D eigenvalue weighted by atomic mass is 16.5. The van der Waals surface area contributed by atoms with Gasteiger partial charge in [-0.3, -0.25) is 14.5 Å². The monoisotopic (exact) mass is 431 g/mol. The summed E-state index contributed by atoms with van der Waals surface area (Å²) in [4.78, 5) is 27.6. The average molecular weight is 432 g/mol. The second-order valence-corrected chi connectivity index (χ2v) is 8.23. The maximum absolute atomic E-state index is 13.1. The first-order chi connectivity index (χ1) is 15.5. The first-order valence-corrected chi connectivity index (χ1v) is 11.0. The Hall–Kier alpha value is -3.22. The van der Waals surface area contributed by atoms with Gasteiger partial charge in [0.2, 0.25) is 5.91 Å². The highest BCUT2D eigenvalue weighted by Crippen LogP contribution is 2.25. The lowest BCUT2D eigenvalue weighted by Crippen LogP contribution is -2.41. The zero-order valence-corrected chi connectivity index (χ0v) is 18.6. The lowest BCUT2D eigenvalue weighted by atomic mass is 9.99. The Bertz CT molecular complexity index is 1120. The van der Waals surface area contributed by atoms with Crippen LogP contribution < -0.4 is 10.6 Å². The number of carbonyl (C=O) groups is 2. The van der Waals surface area contributed by atoms with E-state index in [2.05, 4.69) is 33.7 Å². The van der Waals surface area contributed by atoms with Crippen molar-refractivity contribution in [3.05, 3.63) is 77.4 Å². The molecule has 3 aromatic rings. The number of hydrogen-bond donors (Lipinski definition) is 2. The van der Waals surface area contributed by atoms with E-state index in [1.165, 1.54) is 0 Å². The van der Waals surface area contributed by atoms with Crippen molar-refractivity contribution in [2.75, 3.05) is 38.2 Å². The Morgan fingerprint density at radius 1 is 1.03 bits per heavy atom. The van der Waals surface area contributed by atoms with Gasteiger partial charge in [0, 0.05) is 24.3 Å². The number of fused-ring (bicyclic) bond motifs is 1. The molecule has 1 aliphatic heterocycles. The summed E-state index contributed by atoms with van der Waals surface area (Å²) in [6.45, 7) is 7.01. The predicted octanol–water partition coefficient (Wildman–Crippen LogP) is 3.91. The van der Waals surface area contributed by atoms with Crippen LogP contribution in [0.5, 0.6) is 0 Å². The lowest BCUT2D eigenvalue weighted by Gasteiger charge is -2.25. The van der Waals surface area contributed by atoms with E-state index in [1.807, 2.05) is 50.2 Å². The van der Waals surface area contributed by atoms with Crippen LogP contribution in [0.4, 0.5) is 5.69 Å². The average Bonchev–Trinajstić information content (AvgIpc) is 2.80. The normalized spacial score (nSPS) is 15.3. The van der Waals surface area contributed by atoms with Gasteiger partial charge in [-0.1, -0.05) is 48.5 Å². The van der Waals surface area contributed by atoms with E-state index in [0.29, 0.717) is 31.0 Å². The number of ether oxygens (including phenoxy) is 1. The van der Waals surface area contributed by atoms with Crippen LogP contribution in [0.15, 0.2) is 60.7 Å². The first-order valence-electron chi connectivity index (χ1n) is 11.0. The molecule has 0 bridgehead atoms. The molecule has 0 spiro atoms. The number of benzene rings is 3. The molecule has 32 heavy (non-hydrogen) atoms. The molecule has 1 fully saturated rings. The van der Waals surface area contributed by atoms with E-state index < -0.39 is 0 Å². The van der Waals surface area contributed by atoms with Crippen LogP contribution in [0.3, 0.4) is 0 Å². The molecule has 2 amide bonds. The first kappa shape index (κ1) is 22.0. The van der Waals surface area contributed by atoms with Crippen molar-refractivity contribution in [3.63, 3.8) is 0 Å². The van der Waals surface area contributed by atoms with Crippen molar-refractivity contribution < 1.29 is 14.3 Å². The van der Waals surface area contributed by atoms with E-state index in [1.54, 1.807) is 6.07 Å². The summed E-state index contributed by atoms with van der Waals surface area (Å²) in [5.74, 6) is -0.251. The number of anilines is 1. The number of rotatable bonds is 6. The predicted molar refractivity (Wildman–Crippen MR) is 127 cm³/mol. The molecule has 166 valence electrons. The third-order valence-corrected chi connectivity index (χ3v) is 5.87. The Balaban J connectivity index is 1.45. The molecule has 3 aromatic carbocycles. The minimum atomic E-state index is -0.160. The third-order valence-electron chi connectivity index (χ3n) is 5.87. The van der Waals surface area contributed by atoms with Gasteiger partial charge in [0.1, 0.15) is 0 Å². The van der Waals surface area contributed by atoms with Crippen molar-refractivity contribution in [1.82, 2.24) is 10.2 Å². The van der Waals surface area contributed by atoms with Crippen molar-refractivity contribution in [2.45, 2.75) is 19.9 Å². The zero-order valence-electron chi connectivity index (χ0n) is 18.6. The van der Waals surface area contributed by atoms with Crippen LogP contribution in [0.25, 0.3) is 10.8 Å². The van der Waals surface area contributed by atoms with Crippen LogP contribution in [0, 0.1) is 6.92 Å². The molecule has 1 heterocycles. The highest BCUT2D eigenvalue weighted by Gasteiger charge is 2.17. The van der Waals surface area contributed by atoms with Crippen molar-refractivity contribution >= 4 is 28.3 Å². The molecule has 2 N–H and O–H groups in total. The summed E-state index contributed by atoms with van der Waals surface area (Å²) in [7, 11) is 0. The quantitative estimate of drug-likeness (QED) is 0.621. The van der Waals surface area contributed by atoms with Gasteiger partial charge >= 0.3 is 0 Å². The third kappa shape index (κ3) is 5.15. The number of nitrogens with zero attached hydrogens (tertiary/aromatic N) is 1. The van der Waals surface area contributed by atoms with Crippen LogP contribution >= 0.6 is 0 Å². The second kappa shape index (κ2) is 9.94. The summed E-state index contributed by atoms with van der Waals surface area (Å²) >= 11 is 0. The van der Waals surface area contributed by atoms with Gasteiger partial charge in [-0.15, -0.1) is 0 Å². The summed E-state index contributed by atoms with van der Waals surface area (Å²) in [6.07, 6.45) is 0. The number of nitrogens with one attached hydrogen (secondary N) is 2. The molecule has 1 saturated heterocycles. The van der Waals surface area contributed by atoms with Gasteiger partial charge in [-0.2, -0.15) is 0 Å². The van der Waals surface area contributed by atoms with Gasteiger partial charge in [-0.05, 0) is 47.9 Å². The van der Waals surface area contributed by atoms with E-state index >= 15 is 0 Å². The highest BCUT2D eigenvalue weighted by molar-refractivity contribution is 5.99. The van der Waals surface area contributed by atoms with E-state index in [0.717, 1.165) is 35.0 Å². The second-order valence-electron chi connectivity index (χ2n) is 8.23. The van der Waals surface area contributed by atoms with Crippen LogP contribution in [0.1, 0.15) is 34.5 Å². The van der Waals surface area contributed by atoms with Gasteiger partial charge in [0.15, 0.2) is 0 Å². The van der Waals surface area contributed by atoms with Crippen molar-refractivity contribution in [3.8, 4) is 0 Å². The maximum Gasteiger partial charge on any atom is 0.252 e. The maximum atomic E-state index is 13.1. The Morgan fingerprint density at radius 2 is 1.78 bits per heavy atom. The van der Waals surface area contributed by atoms with Gasteiger partial charge in [-0.25, -0.2) is 0 Å². The number of carbonyl (C=O) groups excluding carboxylic acids is 2. The fourth-order valence-electron chi connectivity index (χ4n) is 4.09. The van der Waals surface area contributed by atoms with Crippen LogP contribution in [0.2, 0.25) is 0 Å². The SMILES string of the molecule is Cc1ccc(NC(=O)CN2CCOCC2)cc1C(=O)N[C@H](C)c1cccc2ccccc12. The largest absolute Gasteiger partial charge is 0.379 e. The number of aryl methyl sites for hydroxylation is 1. The topological polar surface area (TPSA) is 70.7 Å². The molecular formula is C26H29N3O3.